The Morgan fingerprint density at radius 1 is 1.14 bits per heavy atom. The second-order valence-electron chi connectivity index (χ2n) is 6.06. The number of hydrogen-bond donors (Lipinski definition) is 1. The number of thiazole rings is 1. The minimum Gasteiger partial charge on any atom is -0.475 e. The van der Waals surface area contributed by atoms with E-state index in [0.717, 1.165) is 6.26 Å². The molecule has 0 spiro atoms. The predicted octanol–water partition coefficient (Wildman–Crippen LogP) is 2.77. The molecule has 152 valence electrons. The standard InChI is InChI=1S/C19H19N3O5S2/c1-12(13-4-6-14(7-5-13)29(3,24)25)17(23)22-19-20-15-8-9-16(21-18(15)28-19)27-11-10-26-2/h4-9H,1,10-11H2,2-3H3,(H,20,22,23). The number of aromatic nitrogens is 2. The third-order valence-electron chi connectivity index (χ3n) is 3.89. The number of sulfone groups is 1. The summed E-state index contributed by atoms with van der Waals surface area (Å²) in [6.45, 7) is 4.63. The summed E-state index contributed by atoms with van der Waals surface area (Å²) in [6.07, 6.45) is 1.12. The Kier molecular flexibility index (Phi) is 6.26. The SMILES string of the molecule is C=C(C(=O)Nc1nc2ccc(OCCOC)nc2s1)c1ccc(S(C)(=O)=O)cc1. The lowest BCUT2D eigenvalue weighted by molar-refractivity contribution is -0.111. The van der Waals surface area contributed by atoms with Crippen LogP contribution < -0.4 is 10.1 Å². The van der Waals surface area contributed by atoms with Gasteiger partial charge in [-0.15, -0.1) is 0 Å². The number of methoxy groups -OCH3 is 1. The summed E-state index contributed by atoms with van der Waals surface area (Å²) in [5, 5.41) is 3.07. The van der Waals surface area contributed by atoms with Gasteiger partial charge in [0, 0.05) is 25.0 Å². The van der Waals surface area contributed by atoms with Gasteiger partial charge in [0.05, 0.1) is 11.5 Å². The zero-order valence-electron chi connectivity index (χ0n) is 15.8. The highest BCUT2D eigenvalue weighted by molar-refractivity contribution is 7.90. The largest absolute Gasteiger partial charge is 0.475 e. The molecule has 1 aromatic carbocycles. The number of rotatable bonds is 8. The molecule has 2 heterocycles. The van der Waals surface area contributed by atoms with Crippen LogP contribution >= 0.6 is 11.3 Å². The van der Waals surface area contributed by atoms with E-state index in [1.54, 1.807) is 31.4 Å². The molecule has 0 aliphatic carbocycles. The summed E-state index contributed by atoms with van der Waals surface area (Å²) in [5.74, 6) is 0.0131. The van der Waals surface area contributed by atoms with Crippen LogP contribution in [-0.4, -0.2) is 50.9 Å². The van der Waals surface area contributed by atoms with Crippen LogP contribution in [0.1, 0.15) is 5.56 Å². The average Bonchev–Trinajstić information content (AvgIpc) is 3.08. The van der Waals surface area contributed by atoms with E-state index in [0.29, 0.717) is 40.1 Å². The molecule has 0 saturated heterocycles. The summed E-state index contributed by atoms with van der Waals surface area (Å²) < 4.78 is 33.5. The molecule has 0 aliphatic rings. The molecule has 0 saturated carbocycles. The van der Waals surface area contributed by atoms with E-state index in [-0.39, 0.29) is 10.5 Å². The number of amides is 1. The quantitative estimate of drug-likeness (QED) is 0.430. The normalized spacial score (nSPS) is 11.4. The van der Waals surface area contributed by atoms with Crippen LogP contribution in [0, 0.1) is 0 Å². The average molecular weight is 434 g/mol. The summed E-state index contributed by atoms with van der Waals surface area (Å²) in [5.41, 5.74) is 1.34. The highest BCUT2D eigenvalue weighted by Crippen LogP contribution is 2.27. The van der Waals surface area contributed by atoms with Crippen molar-refractivity contribution in [2.45, 2.75) is 4.90 Å². The second-order valence-corrected chi connectivity index (χ2v) is 9.06. The zero-order valence-corrected chi connectivity index (χ0v) is 17.5. The number of nitrogens with one attached hydrogen (secondary N) is 1. The summed E-state index contributed by atoms with van der Waals surface area (Å²) in [4.78, 5) is 22.0. The molecule has 3 aromatic rings. The van der Waals surface area contributed by atoms with Gasteiger partial charge in [0.15, 0.2) is 15.0 Å². The molecule has 2 aromatic heterocycles. The lowest BCUT2D eigenvalue weighted by Gasteiger charge is -2.06. The molecule has 8 nitrogen and oxygen atoms in total. The molecule has 10 heteroatoms. The van der Waals surface area contributed by atoms with Crippen LogP contribution in [0.2, 0.25) is 0 Å². The number of hydrogen-bond acceptors (Lipinski definition) is 8. The van der Waals surface area contributed by atoms with Gasteiger partial charge in [-0.2, -0.15) is 0 Å². The Balaban J connectivity index is 1.70. The molecule has 0 fully saturated rings. The van der Waals surface area contributed by atoms with Crippen LogP contribution in [0.15, 0.2) is 47.9 Å². The van der Waals surface area contributed by atoms with Crippen molar-refractivity contribution in [3.63, 3.8) is 0 Å². The van der Waals surface area contributed by atoms with Crippen LogP contribution in [0.4, 0.5) is 5.13 Å². The summed E-state index contributed by atoms with van der Waals surface area (Å²) in [6, 6.07) is 9.43. The zero-order chi connectivity index (χ0) is 21.0. The monoisotopic (exact) mass is 433 g/mol. The number of nitrogens with zero attached hydrogens (tertiary/aromatic N) is 2. The number of carbonyl (C=O) groups excluding carboxylic acids is 1. The lowest BCUT2D eigenvalue weighted by atomic mass is 10.1. The fourth-order valence-corrected chi connectivity index (χ4v) is 3.83. The first-order chi connectivity index (χ1) is 13.8. The molecule has 0 bridgehead atoms. The Labute approximate surface area is 172 Å². The van der Waals surface area contributed by atoms with Crippen molar-refractivity contribution in [1.29, 1.82) is 0 Å². The van der Waals surface area contributed by atoms with Crippen molar-refractivity contribution in [3.05, 3.63) is 48.5 Å². The van der Waals surface area contributed by atoms with Gasteiger partial charge in [-0.3, -0.25) is 10.1 Å². The number of pyridine rings is 1. The van der Waals surface area contributed by atoms with Gasteiger partial charge >= 0.3 is 0 Å². The van der Waals surface area contributed by atoms with Gasteiger partial charge in [-0.1, -0.05) is 30.0 Å². The van der Waals surface area contributed by atoms with E-state index >= 15 is 0 Å². The third kappa shape index (κ3) is 5.17. The van der Waals surface area contributed by atoms with Crippen molar-refractivity contribution in [3.8, 4) is 5.88 Å². The van der Waals surface area contributed by atoms with Gasteiger partial charge in [0.2, 0.25) is 5.88 Å². The number of carbonyl (C=O) groups is 1. The van der Waals surface area contributed by atoms with E-state index in [2.05, 4.69) is 21.9 Å². The van der Waals surface area contributed by atoms with E-state index < -0.39 is 15.7 Å². The Morgan fingerprint density at radius 2 is 1.86 bits per heavy atom. The summed E-state index contributed by atoms with van der Waals surface area (Å²) >= 11 is 1.21. The van der Waals surface area contributed by atoms with Gasteiger partial charge in [0.25, 0.3) is 5.91 Å². The smallest absolute Gasteiger partial charge is 0.257 e. The maximum atomic E-state index is 12.5. The second kappa shape index (κ2) is 8.68. The van der Waals surface area contributed by atoms with Gasteiger partial charge < -0.3 is 9.47 Å². The van der Waals surface area contributed by atoms with E-state index in [4.69, 9.17) is 9.47 Å². The third-order valence-corrected chi connectivity index (χ3v) is 5.90. The minimum atomic E-state index is -3.30. The molecule has 0 radical (unpaired) electrons. The molecular formula is C19H19N3O5S2. The van der Waals surface area contributed by atoms with Crippen molar-refractivity contribution < 1.29 is 22.7 Å². The van der Waals surface area contributed by atoms with Crippen LogP contribution in [0.3, 0.4) is 0 Å². The van der Waals surface area contributed by atoms with Crippen molar-refractivity contribution >= 4 is 48.1 Å². The first-order valence-corrected chi connectivity index (χ1v) is 11.2. The minimum absolute atomic E-state index is 0.176. The fourth-order valence-electron chi connectivity index (χ4n) is 2.37. The molecule has 0 aliphatic heterocycles. The van der Waals surface area contributed by atoms with Crippen LogP contribution in [-0.2, 0) is 19.4 Å². The molecule has 29 heavy (non-hydrogen) atoms. The maximum absolute atomic E-state index is 12.5. The number of fused-ring (bicyclic) bond motifs is 1. The lowest BCUT2D eigenvalue weighted by Crippen LogP contribution is -2.12. The highest BCUT2D eigenvalue weighted by atomic mass is 32.2. The molecule has 0 unspecified atom stereocenters. The Hall–Kier alpha value is -2.82. The first-order valence-electron chi connectivity index (χ1n) is 8.48. The van der Waals surface area contributed by atoms with E-state index in [9.17, 15) is 13.2 Å². The van der Waals surface area contributed by atoms with Crippen molar-refractivity contribution in [2.75, 3.05) is 31.9 Å². The van der Waals surface area contributed by atoms with Gasteiger partial charge in [-0.25, -0.2) is 18.4 Å². The molecule has 1 N–H and O–H groups in total. The molecule has 0 atom stereocenters. The predicted molar refractivity (Wildman–Crippen MR) is 112 cm³/mol. The molecule has 3 rings (SSSR count). The molecule has 1 amide bonds. The van der Waals surface area contributed by atoms with E-state index in [1.165, 1.54) is 23.5 Å². The number of benzene rings is 1. The van der Waals surface area contributed by atoms with E-state index in [1.807, 2.05) is 0 Å². The fraction of sp³-hybridized carbons (Fsp3) is 0.211. The highest BCUT2D eigenvalue weighted by Gasteiger charge is 2.15. The van der Waals surface area contributed by atoms with Crippen molar-refractivity contribution in [2.24, 2.45) is 0 Å². The summed E-state index contributed by atoms with van der Waals surface area (Å²) in [7, 11) is -1.71. The number of anilines is 1. The number of ether oxygens (including phenoxy) is 2. The molecular weight excluding hydrogens is 414 g/mol. The van der Waals surface area contributed by atoms with Gasteiger partial charge in [-0.05, 0) is 23.8 Å². The van der Waals surface area contributed by atoms with Crippen molar-refractivity contribution in [1.82, 2.24) is 9.97 Å². The Morgan fingerprint density at radius 3 is 2.52 bits per heavy atom. The van der Waals surface area contributed by atoms with Crippen LogP contribution in [0.25, 0.3) is 15.9 Å². The topological polar surface area (TPSA) is 107 Å². The van der Waals surface area contributed by atoms with Crippen LogP contribution in [0.5, 0.6) is 5.88 Å². The maximum Gasteiger partial charge on any atom is 0.257 e. The van der Waals surface area contributed by atoms with Gasteiger partial charge in [0.1, 0.15) is 17.0 Å². The first kappa shape index (κ1) is 20.9. The Bertz CT molecular complexity index is 1150.